The summed E-state index contributed by atoms with van der Waals surface area (Å²) in [6.07, 6.45) is 2.78. The van der Waals surface area contributed by atoms with Gasteiger partial charge in [-0.1, -0.05) is 24.9 Å². The van der Waals surface area contributed by atoms with Crippen molar-refractivity contribution in [3.8, 4) is 28.6 Å². The smallest absolute Gasteiger partial charge is 0.362 e. The van der Waals surface area contributed by atoms with E-state index in [2.05, 4.69) is 17.0 Å². The molecule has 0 spiro atoms. The Kier molecular flexibility index (Phi) is 6.50. The Morgan fingerprint density at radius 3 is 2.52 bits per heavy atom. The van der Waals surface area contributed by atoms with Gasteiger partial charge in [0.2, 0.25) is 0 Å². The summed E-state index contributed by atoms with van der Waals surface area (Å²) < 4.78 is 18.9. The van der Waals surface area contributed by atoms with Gasteiger partial charge in [-0.25, -0.2) is 14.2 Å². The molecule has 2 aromatic carbocycles. The van der Waals surface area contributed by atoms with Gasteiger partial charge in [0.1, 0.15) is 11.5 Å². The number of hydrogen-bond acceptors (Lipinski definition) is 7. The summed E-state index contributed by atoms with van der Waals surface area (Å²) in [5.74, 6) is 1.09. The van der Waals surface area contributed by atoms with Crippen molar-refractivity contribution in [1.82, 2.24) is 19.2 Å². The van der Waals surface area contributed by atoms with Crippen LogP contribution in [0.25, 0.3) is 23.0 Å². The van der Waals surface area contributed by atoms with E-state index < -0.39 is 11.4 Å². The lowest BCUT2D eigenvalue weighted by molar-refractivity contribution is 0.336. The number of ether oxygens (including phenoxy) is 2. The molecule has 0 saturated carbocycles. The van der Waals surface area contributed by atoms with Crippen LogP contribution in [-0.2, 0) is 6.42 Å². The number of hydrogen-bond donors (Lipinski definition) is 0. The van der Waals surface area contributed by atoms with Crippen LogP contribution >= 0.6 is 11.6 Å². The van der Waals surface area contributed by atoms with Gasteiger partial charge in [-0.3, -0.25) is 0 Å². The fraction of sp³-hybridized carbons (Fsp3) is 0.304. The van der Waals surface area contributed by atoms with Gasteiger partial charge in [0.05, 0.1) is 25.0 Å². The summed E-state index contributed by atoms with van der Waals surface area (Å²) >= 11 is 5.92. The molecule has 9 nitrogen and oxygen atoms in total. The number of methoxy groups -OCH3 is 1. The molecule has 0 aliphatic carbocycles. The van der Waals surface area contributed by atoms with E-state index in [9.17, 15) is 9.59 Å². The second-order valence-electron chi connectivity index (χ2n) is 7.29. The Morgan fingerprint density at radius 1 is 1.09 bits per heavy atom. The normalized spacial score (nSPS) is 11.2. The topological polar surface area (TPSA) is 101 Å². The van der Waals surface area contributed by atoms with Gasteiger partial charge in [0.25, 0.3) is 5.89 Å². The van der Waals surface area contributed by atoms with E-state index in [1.807, 2.05) is 13.0 Å². The van der Waals surface area contributed by atoms with Gasteiger partial charge in [-0.15, -0.1) is 14.6 Å². The van der Waals surface area contributed by atoms with Crippen molar-refractivity contribution in [3.05, 3.63) is 68.0 Å². The molecule has 0 saturated heterocycles. The first kappa shape index (κ1) is 22.6. The zero-order valence-electron chi connectivity index (χ0n) is 18.5. The van der Waals surface area contributed by atoms with Crippen molar-refractivity contribution in [2.24, 2.45) is 0 Å². The summed E-state index contributed by atoms with van der Waals surface area (Å²) in [5.41, 5.74) is 0.329. The Balaban J connectivity index is 1.90. The lowest BCUT2D eigenvalue weighted by Gasteiger charge is -2.14. The summed E-state index contributed by atoms with van der Waals surface area (Å²) in [6, 6.07) is 9.92. The number of rotatable bonds is 8. The molecule has 2 aromatic heterocycles. The highest BCUT2D eigenvalue weighted by molar-refractivity contribution is 6.30. The molecule has 0 atom stereocenters. The minimum Gasteiger partial charge on any atom is -0.496 e. The van der Waals surface area contributed by atoms with E-state index in [-0.39, 0.29) is 11.7 Å². The Hall–Kier alpha value is -3.59. The summed E-state index contributed by atoms with van der Waals surface area (Å²) in [4.78, 5) is 29.6. The van der Waals surface area contributed by atoms with Crippen molar-refractivity contribution in [3.63, 3.8) is 0 Å². The largest absolute Gasteiger partial charge is 0.496 e. The molecule has 0 N–H and O–H groups in total. The van der Waals surface area contributed by atoms with Crippen LogP contribution in [0.3, 0.4) is 0 Å². The molecule has 0 radical (unpaired) electrons. The maximum atomic E-state index is 13.1. The first-order valence-electron chi connectivity index (χ1n) is 10.6. The minimum absolute atomic E-state index is 0.108. The van der Waals surface area contributed by atoms with Crippen molar-refractivity contribution in [1.29, 1.82) is 0 Å². The summed E-state index contributed by atoms with van der Waals surface area (Å²) in [7, 11) is 1.61. The molecule has 0 bridgehead atoms. The third-order valence-electron chi connectivity index (χ3n) is 5.11. The lowest BCUT2D eigenvalue weighted by Crippen LogP contribution is -2.38. The molecule has 0 aliphatic heterocycles. The second-order valence-corrected chi connectivity index (χ2v) is 7.72. The predicted molar refractivity (Wildman–Crippen MR) is 124 cm³/mol. The average Bonchev–Trinajstić information content (AvgIpc) is 3.23. The number of unbranched alkanes of at least 4 members (excludes halogenated alkanes) is 1. The molecule has 33 heavy (non-hydrogen) atoms. The van der Waals surface area contributed by atoms with Crippen LogP contribution in [0, 0.1) is 0 Å². The molecular weight excluding hydrogens is 448 g/mol. The van der Waals surface area contributed by atoms with Crippen molar-refractivity contribution >= 4 is 17.4 Å². The van der Waals surface area contributed by atoms with E-state index in [0.717, 1.165) is 33.9 Å². The number of aryl methyl sites for hydroxylation is 1. The highest BCUT2D eigenvalue weighted by Gasteiger charge is 2.21. The van der Waals surface area contributed by atoms with Crippen LogP contribution in [-0.4, -0.2) is 32.9 Å². The Labute approximate surface area is 194 Å². The SMILES string of the molecule is CCCCc1cc(-c2nn3c(=O)n(-c4ccc(Cl)cc4)c(=O)nc3o2)c(OCC)cc1OC. The Bertz CT molecular complexity index is 1410. The number of halogens is 1. The fourth-order valence-corrected chi connectivity index (χ4v) is 3.63. The molecule has 0 amide bonds. The fourth-order valence-electron chi connectivity index (χ4n) is 3.51. The standard InChI is InChI=1S/C23H23ClN4O5/c1-4-6-7-14-12-17(19(32-5-2)13-18(14)31-3)20-26-28-22(33-20)25-21(29)27(23(28)30)16-10-8-15(24)9-11-16/h8-13H,4-7H2,1-3H3. The van der Waals surface area contributed by atoms with Gasteiger partial charge in [0, 0.05) is 11.1 Å². The molecule has 0 unspecified atom stereocenters. The highest BCUT2D eigenvalue weighted by Crippen LogP contribution is 2.36. The van der Waals surface area contributed by atoms with E-state index >= 15 is 0 Å². The van der Waals surface area contributed by atoms with Gasteiger partial charge >= 0.3 is 17.2 Å². The molecule has 0 aliphatic rings. The maximum Gasteiger partial charge on any atom is 0.362 e. The van der Waals surface area contributed by atoms with Crippen LogP contribution in [0.15, 0.2) is 50.4 Å². The molecule has 4 aromatic rings. The number of aromatic nitrogens is 4. The van der Waals surface area contributed by atoms with Gasteiger partial charge in [-0.2, -0.15) is 0 Å². The number of fused-ring (bicyclic) bond motifs is 1. The second kappa shape index (κ2) is 9.50. The minimum atomic E-state index is -0.784. The molecule has 0 fully saturated rings. The van der Waals surface area contributed by atoms with Crippen molar-refractivity contribution < 1.29 is 13.9 Å². The quantitative estimate of drug-likeness (QED) is 0.385. The van der Waals surface area contributed by atoms with Crippen LogP contribution in [0.5, 0.6) is 11.5 Å². The van der Waals surface area contributed by atoms with Crippen LogP contribution in [0.4, 0.5) is 0 Å². The monoisotopic (exact) mass is 470 g/mol. The highest BCUT2D eigenvalue weighted by atomic mass is 35.5. The maximum absolute atomic E-state index is 13.1. The third kappa shape index (κ3) is 4.36. The van der Waals surface area contributed by atoms with Gasteiger partial charge in [-0.05, 0) is 55.7 Å². The van der Waals surface area contributed by atoms with Crippen LogP contribution < -0.4 is 20.9 Å². The predicted octanol–water partition coefficient (Wildman–Crippen LogP) is 3.90. The van der Waals surface area contributed by atoms with E-state index in [1.54, 1.807) is 37.4 Å². The number of benzene rings is 2. The average molecular weight is 471 g/mol. The number of nitrogens with zero attached hydrogens (tertiary/aromatic N) is 4. The van der Waals surface area contributed by atoms with Crippen molar-refractivity contribution in [2.75, 3.05) is 13.7 Å². The van der Waals surface area contributed by atoms with Crippen molar-refractivity contribution in [2.45, 2.75) is 33.1 Å². The molecule has 172 valence electrons. The summed E-state index contributed by atoms with van der Waals surface area (Å²) in [6.45, 7) is 4.37. The first-order valence-corrected chi connectivity index (χ1v) is 11.0. The van der Waals surface area contributed by atoms with E-state index in [4.69, 9.17) is 25.5 Å². The zero-order valence-corrected chi connectivity index (χ0v) is 19.3. The zero-order chi connectivity index (χ0) is 23.5. The van der Waals surface area contributed by atoms with E-state index in [0.29, 0.717) is 34.4 Å². The molecule has 4 rings (SSSR count). The first-order chi connectivity index (χ1) is 16.0. The lowest BCUT2D eigenvalue weighted by atomic mass is 10.0. The van der Waals surface area contributed by atoms with E-state index in [1.165, 1.54) is 0 Å². The third-order valence-corrected chi connectivity index (χ3v) is 5.36. The Morgan fingerprint density at radius 2 is 1.85 bits per heavy atom. The molecular formula is C23H23ClN4O5. The summed E-state index contributed by atoms with van der Waals surface area (Å²) in [5, 5.41) is 4.79. The molecule has 10 heteroatoms. The molecule has 2 heterocycles. The van der Waals surface area contributed by atoms with Gasteiger partial charge < -0.3 is 13.9 Å². The van der Waals surface area contributed by atoms with Crippen LogP contribution in [0.1, 0.15) is 32.3 Å². The van der Waals surface area contributed by atoms with Crippen LogP contribution in [0.2, 0.25) is 5.02 Å². The van der Waals surface area contributed by atoms with Gasteiger partial charge in [0.15, 0.2) is 0 Å².